The molecule has 11 heavy (non-hydrogen) atoms. The second-order valence-electron chi connectivity index (χ2n) is 2.43. The summed E-state index contributed by atoms with van der Waals surface area (Å²) < 4.78 is 1.06. The number of rotatable bonds is 0. The molecule has 0 bridgehead atoms. The van der Waals surface area contributed by atoms with E-state index >= 15 is 0 Å². The minimum atomic E-state index is 0.799. The maximum Gasteiger partial charge on any atom is 0.0571 e. The molecule has 0 unspecified atom stereocenters. The van der Waals surface area contributed by atoms with Crippen LogP contribution in [0, 0.1) is 0 Å². The monoisotopic (exact) mass is 210 g/mol. The average Bonchev–Trinajstić information content (AvgIpc) is 2.32. The van der Waals surface area contributed by atoms with Gasteiger partial charge in [0.2, 0.25) is 0 Å². The number of benzene rings is 1. The summed E-state index contributed by atoms with van der Waals surface area (Å²) in [4.78, 5) is 3.07. The summed E-state index contributed by atoms with van der Waals surface area (Å²) in [5, 5.41) is 1.08. The van der Waals surface area contributed by atoms with E-state index in [9.17, 15) is 0 Å². The van der Waals surface area contributed by atoms with Crippen molar-refractivity contribution < 1.29 is 0 Å². The van der Waals surface area contributed by atoms with E-state index in [4.69, 9.17) is 5.73 Å². The van der Waals surface area contributed by atoms with Gasteiger partial charge in [-0.25, -0.2) is 0 Å². The van der Waals surface area contributed by atoms with E-state index in [2.05, 4.69) is 20.9 Å². The summed E-state index contributed by atoms with van der Waals surface area (Å²) in [5.41, 5.74) is 7.54. The number of nitrogen functional groups attached to an aromatic ring is 1. The van der Waals surface area contributed by atoms with Crippen LogP contribution >= 0.6 is 15.9 Å². The highest BCUT2D eigenvalue weighted by atomic mass is 79.9. The van der Waals surface area contributed by atoms with Gasteiger partial charge < -0.3 is 10.7 Å². The summed E-state index contributed by atoms with van der Waals surface area (Å²) in [5.74, 6) is 0. The first-order valence-electron chi connectivity index (χ1n) is 3.29. The van der Waals surface area contributed by atoms with Crippen molar-refractivity contribution in [2.75, 3.05) is 5.73 Å². The first-order chi connectivity index (χ1) is 5.27. The van der Waals surface area contributed by atoms with E-state index in [1.165, 1.54) is 0 Å². The van der Waals surface area contributed by atoms with Gasteiger partial charge >= 0.3 is 0 Å². The normalized spacial score (nSPS) is 10.6. The van der Waals surface area contributed by atoms with E-state index in [1.807, 2.05) is 18.2 Å². The molecule has 0 radical (unpaired) electrons. The van der Waals surface area contributed by atoms with Crippen LogP contribution in [0.1, 0.15) is 0 Å². The molecule has 0 aliphatic heterocycles. The van der Waals surface area contributed by atoms with Gasteiger partial charge in [-0.05, 0) is 18.2 Å². The molecule has 0 saturated heterocycles. The van der Waals surface area contributed by atoms with Crippen molar-refractivity contribution in [3.8, 4) is 0 Å². The Morgan fingerprint density at radius 3 is 3.00 bits per heavy atom. The second-order valence-corrected chi connectivity index (χ2v) is 3.35. The molecular formula is C8H7BrN2. The van der Waals surface area contributed by atoms with Gasteiger partial charge in [0.25, 0.3) is 0 Å². The van der Waals surface area contributed by atoms with E-state index in [0.29, 0.717) is 0 Å². The molecular weight excluding hydrogens is 204 g/mol. The van der Waals surface area contributed by atoms with Gasteiger partial charge in [0.05, 0.1) is 5.69 Å². The Morgan fingerprint density at radius 2 is 2.18 bits per heavy atom. The summed E-state index contributed by atoms with van der Waals surface area (Å²) in [6.45, 7) is 0. The Morgan fingerprint density at radius 1 is 1.36 bits per heavy atom. The zero-order valence-corrected chi connectivity index (χ0v) is 7.35. The fourth-order valence-corrected chi connectivity index (χ4v) is 1.48. The topological polar surface area (TPSA) is 41.8 Å². The molecule has 0 spiro atoms. The molecule has 2 aromatic rings. The molecule has 0 saturated carbocycles. The van der Waals surface area contributed by atoms with E-state index in [-0.39, 0.29) is 0 Å². The fourth-order valence-electron chi connectivity index (χ4n) is 1.12. The highest BCUT2D eigenvalue weighted by Gasteiger charge is 1.98. The largest absolute Gasteiger partial charge is 0.397 e. The van der Waals surface area contributed by atoms with Gasteiger partial charge in [0.1, 0.15) is 0 Å². The SMILES string of the molecule is Nc1c[nH]c2cc(Br)ccc12. The lowest BCUT2D eigenvalue weighted by Crippen LogP contribution is -1.78. The number of hydrogen-bond donors (Lipinski definition) is 2. The Hall–Kier alpha value is -0.960. The maximum absolute atomic E-state index is 5.68. The lowest BCUT2D eigenvalue weighted by Gasteiger charge is -1.91. The van der Waals surface area contributed by atoms with Gasteiger partial charge in [0, 0.05) is 21.6 Å². The fraction of sp³-hybridized carbons (Fsp3) is 0. The molecule has 1 heterocycles. The van der Waals surface area contributed by atoms with Crippen molar-refractivity contribution in [2.45, 2.75) is 0 Å². The van der Waals surface area contributed by atoms with Gasteiger partial charge in [-0.3, -0.25) is 0 Å². The van der Waals surface area contributed by atoms with Crippen LogP contribution in [0.3, 0.4) is 0 Å². The number of anilines is 1. The van der Waals surface area contributed by atoms with Gasteiger partial charge in [-0.2, -0.15) is 0 Å². The van der Waals surface area contributed by atoms with Crippen molar-refractivity contribution >= 4 is 32.5 Å². The smallest absolute Gasteiger partial charge is 0.0571 e. The van der Waals surface area contributed by atoms with Crippen LogP contribution in [0.15, 0.2) is 28.9 Å². The van der Waals surface area contributed by atoms with Crippen LogP contribution < -0.4 is 5.73 Å². The first-order valence-corrected chi connectivity index (χ1v) is 4.09. The molecule has 0 fully saturated rings. The maximum atomic E-state index is 5.68. The van der Waals surface area contributed by atoms with E-state index in [0.717, 1.165) is 21.1 Å². The lowest BCUT2D eigenvalue weighted by atomic mass is 10.2. The number of aromatic amines is 1. The number of fused-ring (bicyclic) bond motifs is 1. The van der Waals surface area contributed by atoms with Crippen molar-refractivity contribution in [3.05, 3.63) is 28.9 Å². The zero-order valence-electron chi connectivity index (χ0n) is 5.76. The van der Waals surface area contributed by atoms with Gasteiger partial charge in [-0.15, -0.1) is 0 Å². The number of aromatic nitrogens is 1. The summed E-state index contributed by atoms with van der Waals surface area (Å²) >= 11 is 3.38. The minimum absolute atomic E-state index is 0.799. The third kappa shape index (κ3) is 1.01. The van der Waals surface area contributed by atoms with Crippen LogP contribution in [0.2, 0.25) is 0 Å². The van der Waals surface area contributed by atoms with E-state index < -0.39 is 0 Å². The molecule has 0 aliphatic carbocycles. The third-order valence-electron chi connectivity index (χ3n) is 1.68. The molecule has 2 rings (SSSR count). The summed E-state index contributed by atoms with van der Waals surface area (Å²) in [7, 11) is 0. The number of nitrogens with one attached hydrogen (secondary N) is 1. The molecule has 1 aromatic heterocycles. The quantitative estimate of drug-likeness (QED) is 0.690. The summed E-state index contributed by atoms with van der Waals surface area (Å²) in [6, 6.07) is 5.98. The Kier molecular flexibility index (Phi) is 1.39. The number of nitrogens with two attached hydrogens (primary N) is 1. The highest BCUT2D eigenvalue weighted by molar-refractivity contribution is 9.10. The minimum Gasteiger partial charge on any atom is -0.397 e. The van der Waals surface area contributed by atoms with Gasteiger partial charge in [-0.1, -0.05) is 15.9 Å². The van der Waals surface area contributed by atoms with Crippen molar-refractivity contribution in [1.82, 2.24) is 4.98 Å². The molecule has 0 amide bonds. The average molecular weight is 211 g/mol. The van der Waals surface area contributed by atoms with Crippen LogP contribution in [-0.2, 0) is 0 Å². The summed E-state index contributed by atoms with van der Waals surface area (Å²) in [6.07, 6.45) is 1.80. The van der Waals surface area contributed by atoms with Crippen LogP contribution in [0.5, 0.6) is 0 Å². The molecule has 56 valence electrons. The van der Waals surface area contributed by atoms with E-state index in [1.54, 1.807) is 6.20 Å². The lowest BCUT2D eigenvalue weighted by molar-refractivity contribution is 1.47. The predicted molar refractivity (Wildman–Crippen MR) is 50.4 cm³/mol. The Labute approximate surface area is 72.5 Å². The van der Waals surface area contributed by atoms with Crippen molar-refractivity contribution in [2.24, 2.45) is 0 Å². The molecule has 0 atom stereocenters. The Balaban J connectivity index is 2.86. The van der Waals surface area contributed by atoms with Gasteiger partial charge in [0.15, 0.2) is 0 Å². The van der Waals surface area contributed by atoms with Crippen LogP contribution in [-0.4, -0.2) is 4.98 Å². The molecule has 3 N–H and O–H groups in total. The number of halogens is 1. The standard InChI is InChI=1S/C8H7BrN2/c9-5-1-2-6-7(10)4-11-8(6)3-5/h1-4,11H,10H2. The number of hydrogen-bond acceptors (Lipinski definition) is 1. The van der Waals surface area contributed by atoms with Crippen LogP contribution in [0.4, 0.5) is 5.69 Å². The molecule has 2 nitrogen and oxygen atoms in total. The van der Waals surface area contributed by atoms with Crippen molar-refractivity contribution in [1.29, 1.82) is 0 Å². The number of H-pyrrole nitrogens is 1. The first kappa shape index (κ1) is 6.73. The highest BCUT2D eigenvalue weighted by Crippen LogP contribution is 2.23. The second kappa shape index (κ2) is 2.27. The zero-order chi connectivity index (χ0) is 7.84. The predicted octanol–water partition coefficient (Wildman–Crippen LogP) is 2.51. The van der Waals surface area contributed by atoms with Crippen molar-refractivity contribution in [3.63, 3.8) is 0 Å². The Bertz CT molecular complexity index is 392. The van der Waals surface area contributed by atoms with Crippen LogP contribution in [0.25, 0.3) is 10.9 Å². The molecule has 0 aliphatic rings. The third-order valence-corrected chi connectivity index (χ3v) is 2.17. The molecule has 1 aromatic carbocycles. The molecule has 3 heteroatoms.